The SMILES string of the molecule is C=C(C)[C@@H]1CC[C@]2(CC(=O)N(C)CCOCCO)CC[C@]3(C)[C@H](CC[C@@H]4[C@@]5(C)CC[C@H](OC(=O)CC(C)(C)C(=O)O)C(C)(C)[C@@H]5CC[C@]43C)[C@@H]12. The molecule has 0 unspecified atom stereocenters. The molecule has 10 atom stereocenters. The third-order valence-electron chi connectivity index (χ3n) is 16.4. The molecule has 0 radical (unpaired) electrons. The van der Waals surface area contributed by atoms with Crippen LogP contribution >= 0.6 is 0 Å². The summed E-state index contributed by atoms with van der Waals surface area (Å²) in [6.07, 6.45) is 11.2. The average molecular weight is 700 g/mol. The maximum Gasteiger partial charge on any atom is 0.309 e. The molecule has 5 saturated carbocycles. The van der Waals surface area contributed by atoms with Crippen LogP contribution in [-0.4, -0.2) is 72.5 Å². The molecule has 0 aromatic rings. The van der Waals surface area contributed by atoms with Crippen LogP contribution in [0.2, 0.25) is 0 Å². The molecule has 5 rings (SSSR count). The molecule has 0 spiro atoms. The number of likely N-dealkylation sites (N-methyl/N-ethyl adjacent to an activating group) is 1. The summed E-state index contributed by atoms with van der Waals surface area (Å²) >= 11 is 0. The number of nitrogens with zero attached hydrogens (tertiary/aromatic N) is 1. The van der Waals surface area contributed by atoms with Crippen LogP contribution in [0.3, 0.4) is 0 Å². The van der Waals surface area contributed by atoms with Gasteiger partial charge in [-0.2, -0.15) is 0 Å². The third-order valence-corrected chi connectivity index (χ3v) is 16.4. The number of fused-ring (bicyclic) bond motifs is 7. The number of carbonyl (C=O) groups excluding carboxylic acids is 2. The number of amides is 1. The molecule has 5 aliphatic rings. The zero-order valence-corrected chi connectivity index (χ0v) is 32.9. The maximum atomic E-state index is 13.8. The summed E-state index contributed by atoms with van der Waals surface area (Å²) in [7, 11) is 1.90. The normalized spacial score (nSPS) is 40.4. The van der Waals surface area contributed by atoms with Crippen molar-refractivity contribution in [3.63, 3.8) is 0 Å². The van der Waals surface area contributed by atoms with Crippen LogP contribution in [-0.2, 0) is 23.9 Å². The summed E-state index contributed by atoms with van der Waals surface area (Å²) in [5.41, 5.74) is 0.401. The second kappa shape index (κ2) is 13.8. The molecule has 0 aliphatic heterocycles. The van der Waals surface area contributed by atoms with E-state index in [1.54, 1.807) is 13.8 Å². The number of allylic oxidation sites excluding steroid dienone is 1. The number of carboxylic acids is 1. The molecule has 1 amide bonds. The Kier molecular flexibility index (Phi) is 10.8. The Morgan fingerprint density at radius 1 is 0.880 bits per heavy atom. The fourth-order valence-electron chi connectivity index (χ4n) is 13.3. The summed E-state index contributed by atoms with van der Waals surface area (Å²) < 4.78 is 11.7. The zero-order valence-electron chi connectivity index (χ0n) is 32.9. The molecule has 0 aromatic heterocycles. The summed E-state index contributed by atoms with van der Waals surface area (Å²) in [4.78, 5) is 40.4. The minimum Gasteiger partial charge on any atom is -0.481 e. The van der Waals surface area contributed by atoms with Gasteiger partial charge in [0.1, 0.15) is 6.10 Å². The molecule has 0 bridgehead atoms. The van der Waals surface area contributed by atoms with E-state index in [9.17, 15) is 19.5 Å². The van der Waals surface area contributed by atoms with Crippen LogP contribution in [0.5, 0.6) is 0 Å². The predicted molar refractivity (Wildman–Crippen MR) is 195 cm³/mol. The summed E-state index contributed by atoms with van der Waals surface area (Å²) in [5, 5.41) is 18.7. The lowest BCUT2D eigenvalue weighted by Crippen LogP contribution is -2.67. The number of aliphatic hydroxyl groups excluding tert-OH is 1. The van der Waals surface area contributed by atoms with Crippen molar-refractivity contribution in [2.45, 2.75) is 139 Å². The molecule has 8 nitrogen and oxygen atoms in total. The predicted octanol–water partition coefficient (Wildman–Crippen LogP) is 7.91. The second-order valence-electron chi connectivity index (χ2n) is 19.6. The first kappa shape index (κ1) is 39.3. The number of aliphatic hydroxyl groups is 1. The molecule has 284 valence electrons. The van der Waals surface area contributed by atoms with E-state index < -0.39 is 17.4 Å². The molecular weight excluding hydrogens is 630 g/mol. The third kappa shape index (κ3) is 6.38. The molecule has 5 fully saturated rings. The number of rotatable bonds is 12. The van der Waals surface area contributed by atoms with Crippen molar-refractivity contribution in [3.8, 4) is 0 Å². The molecule has 50 heavy (non-hydrogen) atoms. The molecular formula is C42H69NO7. The van der Waals surface area contributed by atoms with Crippen molar-refractivity contribution in [2.75, 3.05) is 33.4 Å². The van der Waals surface area contributed by atoms with E-state index in [4.69, 9.17) is 14.6 Å². The van der Waals surface area contributed by atoms with E-state index in [1.165, 1.54) is 18.4 Å². The number of aliphatic carboxylic acids is 1. The van der Waals surface area contributed by atoms with Gasteiger partial charge in [-0.15, -0.1) is 0 Å². The number of ether oxygens (including phenoxy) is 2. The Bertz CT molecular complexity index is 1320. The van der Waals surface area contributed by atoms with Crippen molar-refractivity contribution < 1.29 is 34.1 Å². The smallest absolute Gasteiger partial charge is 0.309 e. The Morgan fingerprint density at radius 2 is 1.58 bits per heavy atom. The van der Waals surface area contributed by atoms with Crippen molar-refractivity contribution in [3.05, 3.63) is 12.2 Å². The van der Waals surface area contributed by atoms with Gasteiger partial charge in [-0.05, 0) is 136 Å². The van der Waals surface area contributed by atoms with E-state index >= 15 is 0 Å². The van der Waals surface area contributed by atoms with Gasteiger partial charge in [0, 0.05) is 25.4 Å². The topological polar surface area (TPSA) is 113 Å². The Morgan fingerprint density at radius 3 is 2.22 bits per heavy atom. The number of hydrogen-bond donors (Lipinski definition) is 2. The summed E-state index contributed by atoms with van der Waals surface area (Å²) in [5.74, 6) is 1.29. The number of esters is 1. The van der Waals surface area contributed by atoms with Crippen LogP contribution in [0.1, 0.15) is 132 Å². The van der Waals surface area contributed by atoms with Gasteiger partial charge in [0.15, 0.2) is 0 Å². The van der Waals surface area contributed by atoms with E-state index in [-0.39, 0.29) is 52.1 Å². The lowest BCUT2D eigenvalue weighted by atomic mass is 9.32. The van der Waals surface area contributed by atoms with Gasteiger partial charge in [0.2, 0.25) is 5.91 Å². The first-order valence-corrected chi connectivity index (χ1v) is 19.7. The minimum atomic E-state index is -1.15. The van der Waals surface area contributed by atoms with Crippen LogP contribution in [0, 0.1) is 62.1 Å². The molecule has 2 N–H and O–H groups in total. The molecule has 0 saturated heterocycles. The Balaban J connectivity index is 1.37. The zero-order chi connectivity index (χ0) is 37.1. The second-order valence-corrected chi connectivity index (χ2v) is 19.6. The Labute approximate surface area is 302 Å². The highest BCUT2D eigenvalue weighted by Crippen LogP contribution is 2.78. The van der Waals surface area contributed by atoms with E-state index in [0.717, 1.165) is 51.4 Å². The standard InChI is InChI=1S/C42H69NO7/c1-27(2)28-13-18-42(25-33(45)43(10)21-23-49-24-22-44)20-19-40(8)29(35(28)42)11-12-31-39(7)16-15-32(50-34(46)26-37(3,4)36(47)48)38(5,6)30(39)14-17-41(31,40)9/h28-32,35,44H,1,11-26H2,2-10H3,(H,47,48)/t28-,29+,30-,31+,32-,35+,39-,40+,41+,42+/m0/s1. The summed E-state index contributed by atoms with van der Waals surface area (Å²) in [6, 6.07) is 0. The highest BCUT2D eigenvalue weighted by Gasteiger charge is 2.71. The largest absolute Gasteiger partial charge is 0.481 e. The van der Waals surface area contributed by atoms with Gasteiger partial charge >= 0.3 is 11.9 Å². The Hall–Kier alpha value is -1.93. The van der Waals surface area contributed by atoms with Gasteiger partial charge in [0.25, 0.3) is 0 Å². The van der Waals surface area contributed by atoms with Crippen molar-refractivity contribution >= 4 is 17.8 Å². The highest BCUT2D eigenvalue weighted by molar-refractivity contribution is 5.81. The van der Waals surface area contributed by atoms with Crippen molar-refractivity contribution in [2.24, 2.45) is 62.1 Å². The molecule has 8 heteroatoms. The van der Waals surface area contributed by atoms with Crippen molar-refractivity contribution in [1.29, 1.82) is 0 Å². The van der Waals surface area contributed by atoms with Gasteiger partial charge < -0.3 is 24.6 Å². The van der Waals surface area contributed by atoms with E-state index in [1.807, 2.05) is 11.9 Å². The lowest BCUT2D eigenvalue weighted by Gasteiger charge is -2.73. The quantitative estimate of drug-likeness (QED) is 0.121. The monoisotopic (exact) mass is 700 g/mol. The maximum absolute atomic E-state index is 13.8. The van der Waals surface area contributed by atoms with Gasteiger partial charge in [-0.3, -0.25) is 14.4 Å². The fourth-order valence-corrected chi connectivity index (χ4v) is 13.3. The molecule has 0 heterocycles. The summed E-state index contributed by atoms with van der Waals surface area (Å²) in [6.45, 7) is 23.6. The van der Waals surface area contributed by atoms with Crippen LogP contribution in [0.15, 0.2) is 12.2 Å². The molecule has 0 aromatic carbocycles. The first-order chi connectivity index (χ1) is 23.2. The number of carbonyl (C=O) groups is 3. The van der Waals surface area contributed by atoms with Crippen LogP contribution < -0.4 is 0 Å². The minimum absolute atomic E-state index is 0.00696. The van der Waals surface area contributed by atoms with E-state index in [0.29, 0.717) is 55.8 Å². The van der Waals surface area contributed by atoms with Gasteiger partial charge in [-0.25, -0.2) is 0 Å². The van der Waals surface area contributed by atoms with Gasteiger partial charge in [0.05, 0.1) is 31.7 Å². The lowest BCUT2D eigenvalue weighted by molar-refractivity contribution is -0.250. The fraction of sp³-hybridized carbons (Fsp3) is 0.881. The first-order valence-electron chi connectivity index (χ1n) is 19.7. The van der Waals surface area contributed by atoms with Crippen molar-refractivity contribution in [1.82, 2.24) is 4.90 Å². The van der Waals surface area contributed by atoms with E-state index in [2.05, 4.69) is 48.1 Å². The number of hydrogen-bond acceptors (Lipinski definition) is 6. The van der Waals surface area contributed by atoms with Gasteiger partial charge in [-0.1, -0.05) is 46.8 Å². The van der Waals surface area contributed by atoms with Crippen LogP contribution in [0.25, 0.3) is 0 Å². The van der Waals surface area contributed by atoms with Crippen LogP contribution in [0.4, 0.5) is 0 Å². The number of carboxylic acid groups (broad SMARTS) is 1. The highest BCUT2D eigenvalue weighted by atomic mass is 16.5. The average Bonchev–Trinajstić information content (AvgIpc) is 3.40. The molecule has 5 aliphatic carbocycles.